The van der Waals surface area contributed by atoms with Crippen molar-refractivity contribution in [2.45, 2.75) is 117 Å². The number of hydrogen-bond acceptors (Lipinski definition) is 6. The number of esters is 1. The van der Waals surface area contributed by atoms with Gasteiger partial charge in [0.1, 0.15) is 15.8 Å². The molecule has 0 fully saturated rings. The van der Waals surface area contributed by atoms with Crippen molar-refractivity contribution in [2.75, 3.05) is 13.2 Å². The van der Waals surface area contributed by atoms with E-state index in [1.165, 1.54) is 83.5 Å². The Labute approximate surface area is 217 Å². The number of aromatic nitrogens is 2. The van der Waals surface area contributed by atoms with Gasteiger partial charge in [0.2, 0.25) is 0 Å². The highest BCUT2D eigenvalue weighted by molar-refractivity contribution is 7.14. The third kappa shape index (κ3) is 13.6. The molecule has 2 rings (SSSR count). The number of rotatable bonds is 21. The molecule has 0 bridgehead atoms. The summed E-state index contributed by atoms with van der Waals surface area (Å²) < 4.78 is 10.6. The Kier molecular flexibility index (Phi) is 16.1. The summed E-state index contributed by atoms with van der Waals surface area (Å²) in [5.74, 6) is 0.631. The minimum Gasteiger partial charge on any atom is -0.494 e. The Morgan fingerprint density at radius 3 is 1.97 bits per heavy atom. The van der Waals surface area contributed by atoms with Crippen LogP contribution in [0.5, 0.6) is 5.75 Å². The van der Waals surface area contributed by atoms with Gasteiger partial charge >= 0.3 is 5.97 Å². The molecule has 0 aliphatic heterocycles. The van der Waals surface area contributed by atoms with Crippen LogP contribution in [0.3, 0.4) is 0 Å². The van der Waals surface area contributed by atoms with Gasteiger partial charge in [0, 0.05) is 18.4 Å². The highest BCUT2D eigenvalue weighted by atomic mass is 32.1. The summed E-state index contributed by atoms with van der Waals surface area (Å²) in [6.45, 7) is 5.02. The van der Waals surface area contributed by atoms with Crippen LogP contribution < -0.4 is 4.74 Å². The summed E-state index contributed by atoms with van der Waals surface area (Å²) in [5, 5.41) is 10.9. The minimum atomic E-state index is -0.169. The van der Waals surface area contributed by atoms with Gasteiger partial charge in [-0.2, -0.15) is 0 Å². The Morgan fingerprint density at radius 2 is 1.37 bits per heavy atom. The van der Waals surface area contributed by atoms with Crippen LogP contribution in [0.1, 0.15) is 115 Å². The molecule has 0 N–H and O–H groups in total. The van der Waals surface area contributed by atoms with Crippen LogP contribution in [0.2, 0.25) is 0 Å². The zero-order valence-corrected chi connectivity index (χ0v) is 22.9. The van der Waals surface area contributed by atoms with Crippen molar-refractivity contribution in [3.05, 3.63) is 29.3 Å². The molecule has 0 saturated carbocycles. The molecule has 0 amide bonds. The lowest BCUT2D eigenvalue weighted by atomic mass is 10.0. The largest absolute Gasteiger partial charge is 0.494 e. The minimum absolute atomic E-state index is 0.169. The Morgan fingerprint density at radius 1 is 0.771 bits per heavy atom. The van der Waals surface area contributed by atoms with E-state index in [1.54, 1.807) is 11.3 Å². The van der Waals surface area contributed by atoms with Gasteiger partial charge in [-0.3, -0.25) is 4.79 Å². The maximum atomic E-state index is 11.4. The number of hydrogen-bond donors (Lipinski definition) is 0. The van der Waals surface area contributed by atoms with Crippen molar-refractivity contribution in [1.29, 1.82) is 0 Å². The zero-order valence-electron chi connectivity index (χ0n) is 22.1. The standard InChI is InChI=1S/C29H46N2O3S/c1-3-5-6-7-8-9-10-11-12-13-14-15-16-18-27-30-31-29(35-27)25-20-22-26(23-21-25)34-24-17-19-28(32)33-4-2/h20-23H,3-19,24H2,1-2H3. The maximum Gasteiger partial charge on any atom is 0.305 e. The van der Waals surface area contributed by atoms with Crippen molar-refractivity contribution < 1.29 is 14.3 Å². The molecule has 35 heavy (non-hydrogen) atoms. The summed E-state index contributed by atoms with van der Waals surface area (Å²) in [7, 11) is 0. The Balaban J connectivity index is 1.52. The average Bonchev–Trinajstić information content (AvgIpc) is 3.34. The molecule has 2 aromatic rings. The Hall–Kier alpha value is -1.95. The lowest BCUT2D eigenvalue weighted by Crippen LogP contribution is -2.06. The molecule has 1 aromatic carbocycles. The smallest absolute Gasteiger partial charge is 0.305 e. The molecule has 0 unspecified atom stereocenters. The first-order valence-electron chi connectivity index (χ1n) is 13.9. The topological polar surface area (TPSA) is 61.3 Å². The summed E-state index contributed by atoms with van der Waals surface area (Å²) in [5.41, 5.74) is 1.07. The van der Waals surface area contributed by atoms with Crippen LogP contribution in [0.4, 0.5) is 0 Å². The van der Waals surface area contributed by atoms with Crippen LogP contribution in [0, 0.1) is 0 Å². The van der Waals surface area contributed by atoms with Gasteiger partial charge in [0.25, 0.3) is 0 Å². The fourth-order valence-electron chi connectivity index (χ4n) is 4.10. The number of carbonyl (C=O) groups is 1. The van der Waals surface area contributed by atoms with E-state index in [9.17, 15) is 4.79 Å². The molecule has 0 spiro atoms. The Bertz CT molecular complexity index is 791. The van der Waals surface area contributed by atoms with Crippen molar-refractivity contribution in [2.24, 2.45) is 0 Å². The van der Waals surface area contributed by atoms with Gasteiger partial charge in [0.15, 0.2) is 0 Å². The lowest BCUT2D eigenvalue weighted by Gasteiger charge is -2.06. The maximum absolute atomic E-state index is 11.4. The fraction of sp³-hybridized carbons (Fsp3) is 0.690. The highest BCUT2D eigenvalue weighted by Crippen LogP contribution is 2.26. The first-order valence-corrected chi connectivity index (χ1v) is 14.8. The van der Waals surface area contributed by atoms with Gasteiger partial charge < -0.3 is 9.47 Å². The van der Waals surface area contributed by atoms with Crippen molar-refractivity contribution >= 4 is 17.3 Å². The molecule has 0 atom stereocenters. The first-order chi connectivity index (χ1) is 17.2. The summed E-state index contributed by atoms with van der Waals surface area (Å²) in [4.78, 5) is 11.4. The summed E-state index contributed by atoms with van der Waals surface area (Å²) in [6.07, 6.45) is 19.9. The third-order valence-corrected chi connectivity index (χ3v) is 7.19. The fourth-order valence-corrected chi connectivity index (χ4v) is 4.99. The number of ether oxygens (including phenoxy) is 2. The van der Waals surface area contributed by atoms with Crippen molar-refractivity contribution in [1.82, 2.24) is 10.2 Å². The number of carbonyl (C=O) groups excluding carboxylic acids is 1. The number of aryl methyl sites for hydroxylation is 1. The van der Waals surface area contributed by atoms with Crippen LogP contribution in [0.15, 0.2) is 24.3 Å². The van der Waals surface area contributed by atoms with Gasteiger partial charge in [-0.25, -0.2) is 0 Å². The van der Waals surface area contributed by atoms with Crippen LogP contribution in [0.25, 0.3) is 10.6 Å². The number of nitrogens with zero attached hydrogens (tertiary/aromatic N) is 2. The van der Waals surface area contributed by atoms with E-state index in [2.05, 4.69) is 17.1 Å². The number of benzene rings is 1. The molecule has 0 aliphatic carbocycles. The molecule has 0 radical (unpaired) electrons. The van der Waals surface area contributed by atoms with Crippen molar-refractivity contribution in [3.8, 4) is 16.3 Å². The molecule has 5 nitrogen and oxygen atoms in total. The van der Waals surface area contributed by atoms with E-state index < -0.39 is 0 Å². The van der Waals surface area contributed by atoms with E-state index in [0.717, 1.165) is 27.7 Å². The predicted octanol–water partition coefficient (Wildman–Crippen LogP) is 8.56. The second-order valence-corrected chi connectivity index (χ2v) is 10.3. The van der Waals surface area contributed by atoms with Crippen LogP contribution >= 0.6 is 11.3 Å². The SMILES string of the molecule is CCCCCCCCCCCCCCCc1nnc(-c2ccc(OCCCC(=O)OCC)cc2)s1. The summed E-state index contributed by atoms with van der Waals surface area (Å²) in [6, 6.07) is 7.95. The zero-order chi connectivity index (χ0) is 25.0. The quantitative estimate of drug-likeness (QED) is 0.126. The third-order valence-electron chi connectivity index (χ3n) is 6.16. The highest BCUT2D eigenvalue weighted by Gasteiger charge is 2.07. The van der Waals surface area contributed by atoms with Gasteiger partial charge in [-0.05, 0) is 44.0 Å². The van der Waals surface area contributed by atoms with Crippen molar-refractivity contribution in [3.63, 3.8) is 0 Å². The lowest BCUT2D eigenvalue weighted by molar-refractivity contribution is -0.143. The van der Waals surface area contributed by atoms with E-state index >= 15 is 0 Å². The molecule has 0 saturated heterocycles. The average molecular weight is 503 g/mol. The molecule has 6 heteroatoms. The van der Waals surface area contributed by atoms with Crippen LogP contribution in [-0.4, -0.2) is 29.4 Å². The van der Waals surface area contributed by atoms with E-state index in [0.29, 0.717) is 26.1 Å². The van der Waals surface area contributed by atoms with Gasteiger partial charge in [-0.15, -0.1) is 10.2 Å². The summed E-state index contributed by atoms with van der Waals surface area (Å²) >= 11 is 1.69. The van der Waals surface area contributed by atoms with E-state index in [-0.39, 0.29) is 5.97 Å². The molecule has 1 aromatic heterocycles. The monoisotopic (exact) mass is 502 g/mol. The molecular weight excluding hydrogens is 456 g/mol. The van der Waals surface area contributed by atoms with E-state index in [4.69, 9.17) is 9.47 Å². The van der Waals surface area contributed by atoms with E-state index in [1.807, 2.05) is 31.2 Å². The molecular formula is C29H46N2O3S. The molecule has 196 valence electrons. The second-order valence-electron chi connectivity index (χ2n) is 9.28. The van der Waals surface area contributed by atoms with Crippen LogP contribution in [-0.2, 0) is 16.0 Å². The first kappa shape index (κ1) is 29.3. The van der Waals surface area contributed by atoms with Gasteiger partial charge in [-0.1, -0.05) is 95.3 Å². The number of unbranched alkanes of at least 4 members (excludes halogenated alkanes) is 12. The molecule has 0 aliphatic rings. The molecule has 1 heterocycles. The predicted molar refractivity (Wildman–Crippen MR) is 146 cm³/mol. The normalized spacial score (nSPS) is 11.0. The van der Waals surface area contributed by atoms with Gasteiger partial charge in [0.05, 0.1) is 13.2 Å². The second kappa shape index (κ2) is 19.3.